The smallest absolute Gasteiger partial charge is 0.223 e. The molecule has 7 heteroatoms. The lowest BCUT2D eigenvalue weighted by Gasteiger charge is -2.21. The first-order valence-corrected chi connectivity index (χ1v) is 8.17. The molecule has 3 aromatic rings. The first-order chi connectivity index (χ1) is 11.8. The highest BCUT2D eigenvalue weighted by Gasteiger charge is 2.29. The van der Waals surface area contributed by atoms with E-state index in [2.05, 4.69) is 10.1 Å². The molecule has 0 saturated heterocycles. The number of primary amides is 1. The number of hydrogen-bond donors (Lipinski definition) is 2. The summed E-state index contributed by atoms with van der Waals surface area (Å²) in [5, 5.41) is 6.53. The summed E-state index contributed by atoms with van der Waals surface area (Å²) < 4.78 is 7.04. The molecule has 2 heterocycles. The van der Waals surface area contributed by atoms with Crippen LogP contribution < -0.4 is 11.5 Å². The third kappa shape index (κ3) is 3.02. The fraction of sp³-hybridized carbons (Fsp3) is 0.389. The van der Waals surface area contributed by atoms with Crippen molar-refractivity contribution >= 4 is 33.5 Å². The largest absolute Gasteiger partial charge is 0.383 e. The van der Waals surface area contributed by atoms with Gasteiger partial charge >= 0.3 is 0 Å². The molecule has 0 saturated carbocycles. The quantitative estimate of drug-likeness (QED) is 0.711. The summed E-state index contributed by atoms with van der Waals surface area (Å²) >= 11 is 0. The van der Waals surface area contributed by atoms with Crippen molar-refractivity contribution in [2.75, 3.05) is 19.5 Å². The van der Waals surface area contributed by atoms with Gasteiger partial charge in [-0.3, -0.25) is 9.48 Å². The highest BCUT2D eigenvalue weighted by atomic mass is 16.5. The zero-order valence-electron chi connectivity index (χ0n) is 14.7. The van der Waals surface area contributed by atoms with Crippen LogP contribution in [0.1, 0.15) is 19.5 Å². The van der Waals surface area contributed by atoms with Gasteiger partial charge in [0.15, 0.2) is 5.82 Å². The Kier molecular flexibility index (Phi) is 4.34. The average Bonchev–Trinajstić information content (AvgIpc) is 2.92. The minimum atomic E-state index is -0.711. The number of pyridine rings is 1. The summed E-state index contributed by atoms with van der Waals surface area (Å²) in [4.78, 5) is 16.3. The van der Waals surface area contributed by atoms with Crippen LogP contribution >= 0.6 is 0 Å². The molecule has 2 aromatic heterocycles. The summed E-state index contributed by atoms with van der Waals surface area (Å²) in [7, 11) is 1.64. The number of methoxy groups -OCH3 is 1. The number of carbonyl (C=O) groups is 1. The summed E-state index contributed by atoms with van der Waals surface area (Å²) in [5.74, 6) is 0.0227. The number of nitrogens with zero attached hydrogens (tertiary/aromatic N) is 3. The molecule has 4 N–H and O–H groups in total. The van der Waals surface area contributed by atoms with E-state index in [4.69, 9.17) is 16.2 Å². The predicted molar refractivity (Wildman–Crippen MR) is 98.0 cm³/mol. The fourth-order valence-corrected chi connectivity index (χ4v) is 2.97. The lowest BCUT2D eigenvalue weighted by atomic mass is 9.86. The first kappa shape index (κ1) is 17.2. The van der Waals surface area contributed by atoms with Crippen molar-refractivity contribution in [2.24, 2.45) is 11.1 Å². The van der Waals surface area contributed by atoms with Crippen LogP contribution in [-0.2, 0) is 22.5 Å². The molecular formula is C18H23N5O2. The molecule has 1 aromatic carbocycles. The third-order valence-corrected chi connectivity index (χ3v) is 4.50. The Hall–Kier alpha value is -2.67. The van der Waals surface area contributed by atoms with Gasteiger partial charge in [0.05, 0.1) is 18.7 Å². The van der Waals surface area contributed by atoms with Crippen molar-refractivity contribution < 1.29 is 9.53 Å². The molecule has 0 spiro atoms. The van der Waals surface area contributed by atoms with Crippen LogP contribution in [0.25, 0.3) is 21.8 Å². The van der Waals surface area contributed by atoms with Gasteiger partial charge in [-0.2, -0.15) is 5.10 Å². The Morgan fingerprint density at radius 1 is 1.32 bits per heavy atom. The van der Waals surface area contributed by atoms with E-state index < -0.39 is 5.41 Å². The SMILES string of the molecule is COCCn1nc2c(N)nc3ccccc3c2c1CC(C)(C)C(N)=O. The van der Waals surface area contributed by atoms with Gasteiger partial charge in [-0.25, -0.2) is 4.98 Å². The molecule has 0 radical (unpaired) electrons. The summed E-state index contributed by atoms with van der Waals surface area (Å²) in [6.07, 6.45) is 0.454. The second kappa shape index (κ2) is 6.33. The number of rotatable bonds is 6. The Morgan fingerprint density at radius 3 is 2.72 bits per heavy atom. The topological polar surface area (TPSA) is 109 Å². The number of amides is 1. The maximum absolute atomic E-state index is 11.9. The molecule has 132 valence electrons. The maximum atomic E-state index is 11.9. The Morgan fingerprint density at radius 2 is 2.04 bits per heavy atom. The molecule has 0 atom stereocenters. The van der Waals surface area contributed by atoms with E-state index in [9.17, 15) is 4.79 Å². The normalized spacial score (nSPS) is 12.1. The van der Waals surface area contributed by atoms with Crippen molar-refractivity contribution in [1.82, 2.24) is 14.8 Å². The second-order valence-corrected chi connectivity index (χ2v) is 6.83. The number of anilines is 1. The Bertz CT molecular complexity index is 945. The zero-order chi connectivity index (χ0) is 18.2. The molecule has 0 bridgehead atoms. The van der Waals surface area contributed by atoms with Crippen molar-refractivity contribution in [3.63, 3.8) is 0 Å². The number of fused-ring (bicyclic) bond motifs is 3. The van der Waals surface area contributed by atoms with Crippen LogP contribution in [-0.4, -0.2) is 34.4 Å². The van der Waals surface area contributed by atoms with E-state index in [1.807, 2.05) is 42.8 Å². The van der Waals surface area contributed by atoms with Crippen LogP contribution in [0, 0.1) is 5.41 Å². The highest BCUT2D eigenvalue weighted by Crippen LogP contribution is 2.33. The molecule has 0 unspecified atom stereocenters. The summed E-state index contributed by atoms with van der Waals surface area (Å²) in [6, 6.07) is 7.78. The minimum Gasteiger partial charge on any atom is -0.383 e. The molecule has 0 aliphatic carbocycles. The standard InChI is InChI=1S/C18H23N5O2/c1-18(2,17(20)24)10-13-14-11-6-4-5-7-12(11)21-16(19)15(14)22-23(13)8-9-25-3/h4-7H,8-10H2,1-3H3,(H2,19,21)(H2,20,24). The van der Waals surface area contributed by atoms with Gasteiger partial charge in [0.1, 0.15) is 5.52 Å². The van der Waals surface area contributed by atoms with Crippen molar-refractivity contribution in [1.29, 1.82) is 0 Å². The van der Waals surface area contributed by atoms with E-state index in [-0.39, 0.29) is 5.91 Å². The first-order valence-electron chi connectivity index (χ1n) is 8.17. The summed E-state index contributed by atoms with van der Waals surface area (Å²) in [5.41, 5.74) is 13.4. The molecule has 0 aliphatic heterocycles. The van der Waals surface area contributed by atoms with Crippen LogP contribution in [0.5, 0.6) is 0 Å². The number of para-hydroxylation sites is 1. The number of ether oxygens (including phenoxy) is 1. The van der Waals surface area contributed by atoms with E-state index in [1.165, 1.54) is 0 Å². The van der Waals surface area contributed by atoms with Crippen LogP contribution in [0.4, 0.5) is 5.82 Å². The Balaban J connectivity index is 2.31. The van der Waals surface area contributed by atoms with E-state index >= 15 is 0 Å². The van der Waals surface area contributed by atoms with Gasteiger partial charge in [-0.05, 0) is 6.07 Å². The fourth-order valence-electron chi connectivity index (χ4n) is 2.97. The van der Waals surface area contributed by atoms with E-state index in [0.717, 1.165) is 22.0 Å². The molecule has 25 heavy (non-hydrogen) atoms. The lowest BCUT2D eigenvalue weighted by Crippen LogP contribution is -2.34. The molecule has 0 aliphatic rings. The molecular weight excluding hydrogens is 318 g/mol. The molecule has 3 rings (SSSR count). The van der Waals surface area contributed by atoms with Crippen molar-refractivity contribution in [3.8, 4) is 0 Å². The van der Waals surface area contributed by atoms with Crippen molar-refractivity contribution in [3.05, 3.63) is 30.0 Å². The monoisotopic (exact) mass is 341 g/mol. The van der Waals surface area contributed by atoms with Gasteiger partial charge < -0.3 is 16.2 Å². The number of hydrogen-bond acceptors (Lipinski definition) is 5. The minimum absolute atomic E-state index is 0.355. The number of carbonyl (C=O) groups excluding carboxylic acids is 1. The molecule has 7 nitrogen and oxygen atoms in total. The van der Waals surface area contributed by atoms with E-state index in [0.29, 0.717) is 30.9 Å². The van der Waals surface area contributed by atoms with Gasteiger partial charge in [0.2, 0.25) is 5.91 Å². The number of aromatic nitrogens is 3. The van der Waals surface area contributed by atoms with Gasteiger partial charge in [0.25, 0.3) is 0 Å². The zero-order valence-corrected chi connectivity index (χ0v) is 14.7. The van der Waals surface area contributed by atoms with Gasteiger partial charge in [-0.1, -0.05) is 32.0 Å². The number of nitrogen functional groups attached to an aromatic ring is 1. The Labute approximate surface area is 145 Å². The predicted octanol–water partition coefficient (Wildman–Crippen LogP) is 1.87. The van der Waals surface area contributed by atoms with Crippen LogP contribution in [0.15, 0.2) is 24.3 Å². The third-order valence-electron chi connectivity index (χ3n) is 4.50. The van der Waals surface area contributed by atoms with Gasteiger partial charge in [0, 0.05) is 35.4 Å². The van der Waals surface area contributed by atoms with E-state index in [1.54, 1.807) is 7.11 Å². The highest BCUT2D eigenvalue weighted by molar-refractivity contribution is 6.09. The lowest BCUT2D eigenvalue weighted by molar-refractivity contribution is -0.125. The average molecular weight is 341 g/mol. The summed E-state index contributed by atoms with van der Waals surface area (Å²) in [6.45, 7) is 4.73. The molecule has 0 fully saturated rings. The van der Waals surface area contributed by atoms with Crippen molar-refractivity contribution in [2.45, 2.75) is 26.8 Å². The number of benzene rings is 1. The van der Waals surface area contributed by atoms with Gasteiger partial charge in [-0.15, -0.1) is 0 Å². The maximum Gasteiger partial charge on any atom is 0.223 e. The van der Waals surface area contributed by atoms with Crippen LogP contribution in [0.2, 0.25) is 0 Å². The molecule has 1 amide bonds. The van der Waals surface area contributed by atoms with Crippen LogP contribution in [0.3, 0.4) is 0 Å². The second-order valence-electron chi connectivity index (χ2n) is 6.83. The number of nitrogens with two attached hydrogens (primary N) is 2.